The number of nitrogens with two attached hydrogens (primary N) is 1. The van der Waals surface area contributed by atoms with Gasteiger partial charge in [-0.05, 0) is 12.8 Å². The van der Waals surface area contributed by atoms with Gasteiger partial charge in [-0.15, -0.1) is 0 Å². The van der Waals surface area contributed by atoms with Crippen molar-refractivity contribution in [1.29, 1.82) is 0 Å². The minimum absolute atomic E-state index is 0.0606. The maximum atomic E-state index is 12.1. The first-order valence-electron chi connectivity index (χ1n) is 6.50. The van der Waals surface area contributed by atoms with Crippen molar-refractivity contribution >= 4 is 22.5 Å². The molecule has 1 aromatic heterocycles. The first-order valence-corrected chi connectivity index (χ1v) is 7.32. The normalized spacial score (nSPS) is 15.3. The summed E-state index contributed by atoms with van der Waals surface area (Å²) in [5.74, 6) is 5.67. The molecule has 0 saturated carbocycles. The van der Waals surface area contributed by atoms with Gasteiger partial charge < -0.3 is 10.6 Å². The molecule has 2 rings (SSSR count). The summed E-state index contributed by atoms with van der Waals surface area (Å²) in [6, 6.07) is -0.0606. The Hall–Kier alpha value is -1.58. The quantitative estimate of drug-likeness (QED) is 0.770. The fourth-order valence-corrected chi connectivity index (χ4v) is 2.65. The number of amides is 2. The Bertz CT molecular complexity index is 480. The van der Waals surface area contributed by atoms with E-state index < -0.39 is 0 Å². The standard InChI is InChI=1S/C13H18N4OS/c14-7-5-6-11-10-15-12(19-11)16-13(18)17-8-3-1-2-4-9-17/h10H,1-4,7-9,14H2,(H,15,16,18). The molecule has 0 aliphatic carbocycles. The van der Waals surface area contributed by atoms with Gasteiger partial charge in [0.05, 0.1) is 17.6 Å². The fourth-order valence-electron chi connectivity index (χ4n) is 1.97. The largest absolute Gasteiger partial charge is 0.324 e. The lowest BCUT2D eigenvalue weighted by Gasteiger charge is -2.19. The van der Waals surface area contributed by atoms with Crippen molar-refractivity contribution < 1.29 is 4.79 Å². The molecule has 1 fully saturated rings. The van der Waals surface area contributed by atoms with Gasteiger partial charge in [0.25, 0.3) is 0 Å². The predicted molar refractivity (Wildman–Crippen MR) is 77.1 cm³/mol. The minimum atomic E-state index is -0.0606. The number of carbonyl (C=O) groups is 1. The predicted octanol–water partition coefficient (Wildman–Crippen LogP) is 1.86. The zero-order chi connectivity index (χ0) is 13.5. The zero-order valence-corrected chi connectivity index (χ0v) is 11.6. The molecule has 2 heterocycles. The van der Waals surface area contributed by atoms with Crippen LogP contribution < -0.4 is 11.1 Å². The van der Waals surface area contributed by atoms with Crippen LogP contribution in [-0.2, 0) is 0 Å². The van der Waals surface area contributed by atoms with Crippen LogP contribution in [0.4, 0.5) is 9.93 Å². The SMILES string of the molecule is NCC#Cc1cnc(NC(=O)N2CCCCCC2)s1. The van der Waals surface area contributed by atoms with E-state index in [-0.39, 0.29) is 6.03 Å². The summed E-state index contributed by atoms with van der Waals surface area (Å²) in [7, 11) is 0. The van der Waals surface area contributed by atoms with Crippen molar-refractivity contribution in [2.75, 3.05) is 25.0 Å². The Morgan fingerprint density at radius 3 is 2.84 bits per heavy atom. The van der Waals surface area contributed by atoms with Gasteiger partial charge in [0.15, 0.2) is 5.13 Å². The van der Waals surface area contributed by atoms with Crippen LogP contribution in [0.2, 0.25) is 0 Å². The van der Waals surface area contributed by atoms with E-state index in [1.165, 1.54) is 24.2 Å². The molecule has 0 bridgehead atoms. The summed E-state index contributed by atoms with van der Waals surface area (Å²) in [4.78, 5) is 18.9. The summed E-state index contributed by atoms with van der Waals surface area (Å²) in [6.45, 7) is 1.99. The van der Waals surface area contributed by atoms with Crippen molar-refractivity contribution in [2.24, 2.45) is 5.73 Å². The summed E-state index contributed by atoms with van der Waals surface area (Å²) in [5, 5.41) is 3.42. The molecule has 1 aromatic rings. The first kappa shape index (κ1) is 13.8. The molecule has 19 heavy (non-hydrogen) atoms. The molecule has 1 saturated heterocycles. The van der Waals surface area contributed by atoms with Gasteiger partial charge in [0, 0.05) is 13.1 Å². The Balaban J connectivity index is 1.92. The molecule has 0 radical (unpaired) electrons. The highest BCUT2D eigenvalue weighted by Crippen LogP contribution is 2.18. The number of hydrogen-bond donors (Lipinski definition) is 2. The fraction of sp³-hybridized carbons (Fsp3) is 0.538. The van der Waals surface area contributed by atoms with E-state index in [4.69, 9.17) is 5.73 Å². The lowest BCUT2D eigenvalue weighted by Crippen LogP contribution is -2.35. The zero-order valence-electron chi connectivity index (χ0n) is 10.8. The van der Waals surface area contributed by atoms with Crippen LogP contribution in [0.15, 0.2) is 6.20 Å². The molecule has 6 heteroatoms. The third-order valence-corrected chi connectivity index (χ3v) is 3.75. The van der Waals surface area contributed by atoms with Crippen molar-refractivity contribution in [3.8, 4) is 11.8 Å². The van der Waals surface area contributed by atoms with Crippen molar-refractivity contribution in [3.05, 3.63) is 11.1 Å². The Morgan fingerprint density at radius 1 is 1.42 bits per heavy atom. The summed E-state index contributed by atoms with van der Waals surface area (Å²) in [5.41, 5.74) is 5.31. The van der Waals surface area contributed by atoms with Crippen LogP contribution in [0.3, 0.4) is 0 Å². The Morgan fingerprint density at radius 2 is 2.16 bits per heavy atom. The third kappa shape index (κ3) is 4.23. The Labute approximate surface area is 117 Å². The minimum Gasteiger partial charge on any atom is -0.324 e. The van der Waals surface area contributed by atoms with Gasteiger partial charge in [-0.3, -0.25) is 5.32 Å². The number of carbonyl (C=O) groups excluding carboxylic acids is 1. The van der Waals surface area contributed by atoms with Crippen LogP contribution >= 0.6 is 11.3 Å². The molecule has 0 unspecified atom stereocenters. The second-order valence-electron chi connectivity index (χ2n) is 4.37. The highest BCUT2D eigenvalue weighted by atomic mass is 32.1. The number of urea groups is 1. The maximum Gasteiger partial charge on any atom is 0.323 e. The molecule has 1 aliphatic rings. The lowest BCUT2D eigenvalue weighted by atomic mass is 10.2. The second-order valence-corrected chi connectivity index (χ2v) is 5.40. The number of hydrogen-bond acceptors (Lipinski definition) is 4. The van der Waals surface area contributed by atoms with Crippen LogP contribution in [0, 0.1) is 11.8 Å². The van der Waals surface area contributed by atoms with E-state index in [1.807, 2.05) is 4.90 Å². The molecule has 0 spiro atoms. The summed E-state index contributed by atoms with van der Waals surface area (Å²) in [6.07, 6.45) is 6.24. The molecule has 102 valence electrons. The van der Waals surface area contributed by atoms with Crippen molar-refractivity contribution in [3.63, 3.8) is 0 Å². The topological polar surface area (TPSA) is 71.2 Å². The van der Waals surface area contributed by atoms with Gasteiger partial charge >= 0.3 is 6.03 Å². The number of nitrogens with zero attached hydrogens (tertiary/aromatic N) is 2. The average Bonchev–Trinajstić information content (AvgIpc) is 2.68. The third-order valence-electron chi connectivity index (χ3n) is 2.93. The highest BCUT2D eigenvalue weighted by Gasteiger charge is 2.16. The number of anilines is 1. The average molecular weight is 278 g/mol. The number of nitrogens with one attached hydrogen (secondary N) is 1. The molecule has 0 aromatic carbocycles. The summed E-state index contributed by atoms with van der Waals surface area (Å²) < 4.78 is 0. The van der Waals surface area contributed by atoms with E-state index in [1.54, 1.807) is 6.20 Å². The van der Waals surface area contributed by atoms with Gasteiger partial charge in [0.2, 0.25) is 0 Å². The monoisotopic (exact) mass is 278 g/mol. The van der Waals surface area contributed by atoms with Crippen LogP contribution in [0.1, 0.15) is 30.6 Å². The van der Waals surface area contributed by atoms with Gasteiger partial charge in [-0.2, -0.15) is 0 Å². The van der Waals surface area contributed by atoms with Gasteiger partial charge in [0.1, 0.15) is 0 Å². The molecule has 1 aliphatic heterocycles. The number of thiazole rings is 1. The van der Waals surface area contributed by atoms with Crippen molar-refractivity contribution in [1.82, 2.24) is 9.88 Å². The molecule has 5 nitrogen and oxygen atoms in total. The number of aromatic nitrogens is 1. The summed E-state index contributed by atoms with van der Waals surface area (Å²) >= 11 is 1.37. The molecular formula is C13H18N4OS. The molecule has 0 atom stereocenters. The van der Waals surface area contributed by atoms with Crippen LogP contribution in [0.25, 0.3) is 0 Å². The maximum absolute atomic E-state index is 12.1. The molecule has 3 N–H and O–H groups in total. The highest BCUT2D eigenvalue weighted by molar-refractivity contribution is 7.16. The number of rotatable bonds is 1. The van der Waals surface area contributed by atoms with E-state index in [2.05, 4.69) is 22.1 Å². The van der Waals surface area contributed by atoms with Crippen molar-refractivity contribution in [2.45, 2.75) is 25.7 Å². The number of likely N-dealkylation sites (tertiary alicyclic amines) is 1. The van der Waals surface area contributed by atoms with Gasteiger partial charge in [-0.1, -0.05) is 36.0 Å². The van der Waals surface area contributed by atoms with E-state index >= 15 is 0 Å². The van der Waals surface area contributed by atoms with Crippen LogP contribution in [-0.4, -0.2) is 35.5 Å². The van der Waals surface area contributed by atoms with E-state index in [0.29, 0.717) is 11.7 Å². The lowest BCUT2D eigenvalue weighted by molar-refractivity contribution is 0.214. The Kier molecular flexibility index (Phi) is 5.19. The smallest absolute Gasteiger partial charge is 0.323 e. The second kappa shape index (κ2) is 7.12. The first-order chi connectivity index (χ1) is 9.29. The molecular weight excluding hydrogens is 260 g/mol. The van der Waals surface area contributed by atoms with Crippen LogP contribution in [0.5, 0.6) is 0 Å². The van der Waals surface area contributed by atoms with E-state index in [0.717, 1.165) is 30.8 Å². The van der Waals surface area contributed by atoms with E-state index in [9.17, 15) is 4.79 Å². The molecule has 2 amide bonds. The van der Waals surface area contributed by atoms with Gasteiger partial charge in [-0.25, -0.2) is 9.78 Å².